The molecular weight excluding hydrogens is 408 g/mol. The molecule has 3 aromatic rings. The second-order valence-electron chi connectivity index (χ2n) is 7.58. The average molecular weight is 431 g/mol. The van der Waals surface area contributed by atoms with Crippen molar-refractivity contribution in [1.29, 1.82) is 5.26 Å². The Morgan fingerprint density at radius 1 is 1.23 bits per heavy atom. The summed E-state index contributed by atoms with van der Waals surface area (Å²) in [5, 5.41) is 12.7. The van der Waals surface area contributed by atoms with Gasteiger partial charge in [-0.15, -0.1) is 11.3 Å². The van der Waals surface area contributed by atoms with Crippen LogP contribution < -0.4 is 5.32 Å². The van der Waals surface area contributed by atoms with Crippen molar-refractivity contribution in [3.63, 3.8) is 0 Å². The second kappa shape index (κ2) is 9.11. The molecule has 0 spiro atoms. The van der Waals surface area contributed by atoms with Crippen LogP contribution in [0.5, 0.6) is 0 Å². The molecule has 1 N–H and O–H groups in total. The summed E-state index contributed by atoms with van der Waals surface area (Å²) in [5.74, 6) is -0.395. The third kappa shape index (κ3) is 4.49. The standard InChI is InChI=1S/C24H22N4O2S/c1-28(15-17-7-4-6-16(12-17)13-25)24(30)21-19-9-2-3-10-20(19)31-23(21)27-22(29)18-8-5-11-26-14-18/h4-8,11-12,14H,2-3,9-10,15H2,1H3,(H,27,29). The lowest BCUT2D eigenvalue weighted by Crippen LogP contribution is -2.28. The predicted molar refractivity (Wildman–Crippen MR) is 120 cm³/mol. The van der Waals surface area contributed by atoms with Crippen LogP contribution in [0, 0.1) is 11.3 Å². The highest BCUT2D eigenvalue weighted by Gasteiger charge is 2.28. The van der Waals surface area contributed by atoms with E-state index in [0.29, 0.717) is 28.2 Å². The first-order valence-electron chi connectivity index (χ1n) is 10.2. The van der Waals surface area contributed by atoms with Crippen LogP contribution in [0.4, 0.5) is 5.00 Å². The van der Waals surface area contributed by atoms with Gasteiger partial charge < -0.3 is 10.2 Å². The topological polar surface area (TPSA) is 86.1 Å². The Morgan fingerprint density at radius 3 is 2.84 bits per heavy atom. The molecule has 0 atom stereocenters. The summed E-state index contributed by atoms with van der Waals surface area (Å²) in [6, 6.07) is 12.8. The number of nitrogens with zero attached hydrogens (tertiary/aromatic N) is 3. The van der Waals surface area contributed by atoms with Gasteiger partial charge in [0.15, 0.2) is 0 Å². The summed E-state index contributed by atoms with van der Waals surface area (Å²) < 4.78 is 0. The van der Waals surface area contributed by atoms with Crippen molar-refractivity contribution in [3.8, 4) is 6.07 Å². The number of hydrogen-bond donors (Lipinski definition) is 1. The van der Waals surface area contributed by atoms with E-state index in [2.05, 4.69) is 16.4 Å². The molecule has 1 aliphatic carbocycles. The van der Waals surface area contributed by atoms with Gasteiger partial charge in [0.05, 0.1) is 22.8 Å². The molecule has 4 rings (SSSR count). The molecule has 7 heteroatoms. The van der Waals surface area contributed by atoms with Crippen LogP contribution in [0.25, 0.3) is 0 Å². The first kappa shape index (κ1) is 20.8. The van der Waals surface area contributed by atoms with E-state index >= 15 is 0 Å². The zero-order chi connectivity index (χ0) is 21.8. The van der Waals surface area contributed by atoms with Gasteiger partial charge in [0, 0.05) is 30.9 Å². The fraction of sp³-hybridized carbons (Fsp3) is 0.250. The predicted octanol–water partition coefficient (Wildman–Crippen LogP) is 4.42. The molecule has 0 fully saturated rings. The number of carbonyl (C=O) groups is 2. The number of amides is 2. The van der Waals surface area contributed by atoms with Crippen LogP contribution in [-0.4, -0.2) is 28.7 Å². The van der Waals surface area contributed by atoms with Crippen molar-refractivity contribution in [2.45, 2.75) is 32.2 Å². The highest BCUT2D eigenvalue weighted by Crippen LogP contribution is 2.39. The van der Waals surface area contributed by atoms with Crippen LogP contribution in [0.2, 0.25) is 0 Å². The number of fused-ring (bicyclic) bond motifs is 1. The highest BCUT2D eigenvalue weighted by molar-refractivity contribution is 7.17. The molecule has 2 heterocycles. The maximum atomic E-state index is 13.5. The zero-order valence-corrected chi connectivity index (χ0v) is 18.0. The van der Waals surface area contributed by atoms with Gasteiger partial charge in [-0.25, -0.2) is 0 Å². The third-order valence-electron chi connectivity index (χ3n) is 5.36. The van der Waals surface area contributed by atoms with Gasteiger partial charge in [-0.05, 0) is 61.1 Å². The number of anilines is 1. The van der Waals surface area contributed by atoms with E-state index < -0.39 is 0 Å². The Bertz CT molecular complexity index is 1160. The minimum Gasteiger partial charge on any atom is -0.337 e. The molecule has 6 nitrogen and oxygen atoms in total. The first-order chi connectivity index (χ1) is 15.1. The number of nitrogens with one attached hydrogen (secondary N) is 1. The van der Waals surface area contributed by atoms with Crippen molar-refractivity contribution in [1.82, 2.24) is 9.88 Å². The number of aryl methyl sites for hydroxylation is 1. The molecule has 0 radical (unpaired) electrons. The minimum absolute atomic E-state index is 0.122. The highest BCUT2D eigenvalue weighted by atomic mass is 32.1. The van der Waals surface area contributed by atoms with E-state index in [4.69, 9.17) is 5.26 Å². The molecule has 2 aromatic heterocycles. The summed E-state index contributed by atoms with van der Waals surface area (Å²) >= 11 is 1.50. The molecule has 0 saturated carbocycles. The molecule has 1 aromatic carbocycles. The maximum Gasteiger partial charge on any atom is 0.257 e. The van der Waals surface area contributed by atoms with Crippen molar-refractivity contribution in [2.24, 2.45) is 0 Å². The number of aromatic nitrogens is 1. The van der Waals surface area contributed by atoms with Gasteiger partial charge in [0.2, 0.25) is 0 Å². The lowest BCUT2D eigenvalue weighted by Gasteiger charge is -2.20. The molecular formula is C24H22N4O2S. The van der Waals surface area contributed by atoms with Crippen LogP contribution in [0.15, 0.2) is 48.8 Å². The van der Waals surface area contributed by atoms with Crippen molar-refractivity contribution in [2.75, 3.05) is 12.4 Å². The number of hydrogen-bond acceptors (Lipinski definition) is 5. The molecule has 0 unspecified atom stereocenters. The van der Waals surface area contributed by atoms with Gasteiger partial charge in [-0.2, -0.15) is 5.26 Å². The van der Waals surface area contributed by atoms with Crippen molar-refractivity contribution in [3.05, 3.63) is 81.5 Å². The van der Waals surface area contributed by atoms with Crippen LogP contribution in [-0.2, 0) is 19.4 Å². The molecule has 31 heavy (non-hydrogen) atoms. The second-order valence-corrected chi connectivity index (χ2v) is 8.69. The monoisotopic (exact) mass is 430 g/mol. The zero-order valence-electron chi connectivity index (χ0n) is 17.2. The Kier molecular flexibility index (Phi) is 6.10. The summed E-state index contributed by atoms with van der Waals surface area (Å²) in [6.07, 6.45) is 7.02. The molecule has 2 amide bonds. The molecule has 0 aliphatic heterocycles. The first-order valence-corrected chi connectivity index (χ1v) is 11.0. The Hall–Kier alpha value is -3.50. The number of rotatable bonds is 5. The van der Waals surface area contributed by atoms with E-state index in [1.165, 1.54) is 22.4 Å². The number of carbonyl (C=O) groups excluding carboxylic acids is 2. The summed E-state index contributed by atoms with van der Waals surface area (Å²) in [4.78, 5) is 33.0. The number of thiophene rings is 1. The lowest BCUT2D eigenvalue weighted by atomic mass is 9.95. The Morgan fingerprint density at radius 2 is 2.06 bits per heavy atom. The normalized spacial score (nSPS) is 12.5. The van der Waals surface area contributed by atoms with E-state index in [1.807, 2.05) is 12.1 Å². The molecule has 0 bridgehead atoms. The van der Waals surface area contributed by atoms with Crippen molar-refractivity contribution >= 4 is 28.2 Å². The summed E-state index contributed by atoms with van der Waals surface area (Å²) in [5.41, 5.74) is 3.56. The van der Waals surface area contributed by atoms with Gasteiger partial charge in [0.1, 0.15) is 5.00 Å². The smallest absolute Gasteiger partial charge is 0.257 e. The Balaban J connectivity index is 1.62. The van der Waals surface area contributed by atoms with Crippen LogP contribution in [0.1, 0.15) is 55.1 Å². The SMILES string of the molecule is CN(Cc1cccc(C#N)c1)C(=O)c1c(NC(=O)c2cccnc2)sc2c1CCCC2. The van der Waals surface area contributed by atoms with Crippen molar-refractivity contribution < 1.29 is 9.59 Å². The van der Waals surface area contributed by atoms with E-state index in [0.717, 1.165) is 36.8 Å². The summed E-state index contributed by atoms with van der Waals surface area (Å²) in [7, 11) is 1.75. The average Bonchev–Trinajstić information content (AvgIpc) is 3.16. The van der Waals surface area contributed by atoms with E-state index in [9.17, 15) is 9.59 Å². The van der Waals surface area contributed by atoms with Gasteiger partial charge in [-0.1, -0.05) is 12.1 Å². The van der Waals surface area contributed by atoms with Gasteiger partial charge in [-0.3, -0.25) is 14.6 Å². The Labute approximate surface area is 185 Å². The third-order valence-corrected chi connectivity index (χ3v) is 6.57. The lowest BCUT2D eigenvalue weighted by molar-refractivity contribution is 0.0785. The molecule has 156 valence electrons. The number of benzene rings is 1. The van der Waals surface area contributed by atoms with Gasteiger partial charge in [0.25, 0.3) is 11.8 Å². The summed E-state index contributed by atoms with van der Waals surface area (Å²) in [6.45, 7) is 0.384. The van der Waals surface area contributed by atoms with E-state index in [-0.39, 0.29) is 11.8 Å². The number of pyridine rings is 1. The van der Waals surface area contributed by atoms with Crippen LogP contribution >= 0.6 is 11.3 Å². The largest absolute Gasteiger partial charge is 0.337 e. The minimum atomic E-state index is -0.273. The maximum absolute atomic E-state index is 13.5. The molecule has 0 saturated heterocycles. The van der Waals surface area contributed by atoms with Gasteiger partial charge >= 0.3 is 0 Å². The molecule has 1 aliphatic rings. The fourth-order valence-electron chi connectivity index (χ4n) is 3.83. The quantitative estimate of drug-likeness (QED) is 0.649. The fourth-order valence-corrected chi connectivity index (χ4v) is 5.10. The number of nitriles is 1. The van der Waals surface area contributed by atoms with Crippen LogP contribution in [0.3, 0.4) is 0 Å². The van der Waals surface area contributed by atoms with E-state index in [1.54, 1.807) is 42.4 Å².